The zero-order chi connectivity index (χ0) is 22.2. The fourth-order valence-electron chi connectivity index (χ4n) is 4.16. The van der Waals surface area contributed by atoms with E-state index in [9.17, 15) is 10.1 Å². The van der Waals surface area contributed by atoms with Crippen molar-refractivity contribution in [3.63, 3.8) is 0 Å². The van der Waals surface area contributed by atoms with Gasteiger partial charge in [0.2, 0.25) is 0 Å². The maximum Gasteiger partial charge on any atom is 0.263 e. The Hall–Kier alpha value is -4.44. The van der Waals surface area contributed by atoms with Crippen LogP contribution in [0.2, 0.25) is 0 Å². The van der Waals surface area contributed by atoms with Crippen molar-refractivity contribution >= 4 is 27.6 Å². The van der Waals surface area contributed by atoms with Gasteiger partial charge in [-0.1, -0.05) is 36.4 Å². The Morgan fingerprint density at radius 2 is 1.91 bits per heavy atom. The van der Waals surface area contributed by atoms with Crippen LogP contribution in [0.3, 0.4) is 0 Å². The number of aromatic nitrogens is 4. The summed E-state index contributed by atoms with van der Waals surface area (Å²) in [6.07, 6.45) is 3.07. The van der Waals surface area contributed by atoms with Gasteiger partial charge in [-0.2, -0.15) is 5.26 Å². The minimum Gasteiger partial charge on any atom is -0.361 e. The maximum absolute atomic E-state index is 13.7. The van der Waals surface area contributed by atoms with E-state index in [0.29, 0.717) is 27.8 Å². The van der Waals surface area contributed by atoms with E-state index in [4.69, 9.17) is 0 Å². The molecule has 0 fully saturated rings. The molecule has 0 saturated heterocycles. The zero-order valence-corrected chi connectivity index (χ0v) is 17.6. The molecule has 0 unspecified atom stereocenters. The third-order valence-corrected chi connectivity index (χ3v) is 5.69. The predicted molar refractivity (Wildman–Crippen MR) is 125 cm³/mol. The van der Waals surface area contributed by atoms with Gasteiger partial charge in [-0.05, 0) is 43.0 Å². The summed E-state index contributed by atoms with van der Waals surface area (Å²) in [5.41, 5.74) is 3.50. The van der Waals surface area contributed by atoms with Crippen LogP contribution >= 0.6 is 0 Å². The standard InChI is InChI=1S/C25H20N6O/c1-15-7-6-8-17-11-20(31(25(32)21(15)17)19-9-4-3-5-10-19)16(2)30-24-22-18(12-26)13-27-23(22)28-14-29-24/h3-11,13-14,16H,1-2H3,(H2,27,28,29,30)/t16-/m0/s1. The molecule has 0 saturated carbocycles. The van der Waals surface area contributed by atoms with E-state index >= 15 is 0 Å². The monoisotopic (exact) mass is 420 g/mol. The predicted octanol–water partition coefficient (Wildman–Crippen LogP) is 4.62. The highest BCUT2D eigenvalue weighted by Crippen LogP contribution is 2.28. The number of hydrogen-bond acceptors (Lipinski definition) is 5. The van der Waals surface area contributed by atoms with Crippen LogP contribution in [0.5, 0.6) is 0 Å². The molecular weight excluding hydrogens is 400 g/mol. The van der Waals surface area contributed by atoms with Gasteiger partial charge in [0.1, 0.15) is 23.9 Å². The van der Waals surface area contributed by atoms with Crippen molar-refractivity contribution in [3.8, 4) is 11.8 Å². The third kappa shape index (κ3) is 3.10. The molecule has 0 spiro atoms. The number of fused-ring (bicyclic) bond motifs is 2. The molecule has 7 heteroatoms. The summed E-state index contributed by atoms with van der Waals surface area (Å²) in [5, 5.41) is 15.1. The molecule has 3 aromatic heterocycles. The number of rotatable bonds is 4. The lowest BCUT2D eigenvalue weighted by Gasteiger charge is -2.22. The first-order valence-electron chi connectivity index (χ1n) is 10.3. The van der Waals surface area contributed by atoms with Crippen molar-refractivity contribution < 1.29 is 0 Å². The van der Waals surface area contributed by atoms with Crippen molar-refractivity contribution in [1.29, 1.82) is 5.26 Å². The van der Waals surface area contributed by atoms with Gasteiger partial charge in [0.05, 0.1) is 22.4 Å². The minimum absolute atomic E-state index is 0.0670. The fourth-order valence-corrected chi connectivity index (χ4v) is 4.16. The second-order valence-electron chi connectivity index (χ2n) is 7.71. The summed E-state index contributed by atoms with van der Waals surface area (Å²) in [6.45, 7) is 3.93. The first-order chi connectivity index (χ1) is 15.6. The molecule has 0 amide bonds. The van der Waals surface area contributed by atoms with E-state index in [0.717, 1.165) is 22.3 Å². The number of hydrogen-bond donors (Lipinski definition) is 2. The summed E-state index contributed by atoms with van der Waals surface area (Å²) < 4.78 is 1.74. The molecule has 2 aromatic carbocycles. The van der Waals surface area contributed by atoms with E-state index in [-0.39, 0.29) is 11.6 Å². The van der Waals surface area contributed by atoms with Crippen LogP contribution in [0.1, 0.15) is 29.8 Å². The zero-order valence-electron chi connectivity index (χ0n) is 17.6. The normalized spacial score (nSPS) is 12.0. The molecule has 2 N–H and O–H groups in total. The number of aryl methyl sites for hydroxylation is 1. The van der Waals surface area contributed by atoms with Crippen molar-refractivity contribution in [3.05, 3.63) is 94.3 Å². The molecule has 0 aliphatic heterocycles. The summed E-state index contributed by atoms with van der Waals surface area (Å²) >= 11 is 0. The second-order valence-corrected chi connectivity index (χ2v) is 7.71. The largest absolute Gasteiger partial charge is 0.361 e. The van der Waals surface area contributed by atoms with E-state index in [1.54, 1.807) is 10.8 Å². The smallest absolute Gasteiger partial charge is 0.263 e. The Morgan fingerprint density at radius 3 is 2.69 bits per heavy atom. The molecule has 5 rings (SSSR count). The highest BCUT2D eigenvalue weighted by atomic mass is 16.1. The molecule has 5 aromatic rings. The Balaban J connectivity index is 1.71. The van der Waals surface area contributed by atoms with Crippen LogP contribution in [0.4, 0.5) is 5.82 Å². The molecule has 0 aliphatic carbocycles. The Bertz CT molecular complexity index is 1560. The van der Waals surface area contributed by atoms with E-state index in [2.05, 4.69) is 26.3 Å². The van der Waals surface area contributed by atoms with E-state index in [1.165, 1.54) is 6.33 Å². The van der Waals surface area contributed by atoms with Gasteiger partial charge >= 0.3 is 0 Å². The summed E-state index contributed by atoms with van der Waals surface area (Å²) in [6, 6.07) is 19.4. The Morgan fingerprint density at radius 1 is 1.09 bits per heavy atom. The summed E-state index contributed by atoms with van der Waals surface area (Å²) in [7, 11) is 0. The SMILES string of the molecule is Cc1cccc2cc([C@H](C)Nc3ncnc4[nH]cc(C#N)c34)n(-c3ccccc3)c(=O)c12. The fraction of sp³-hybridized carbons (Fsp3) is 0.120. The van der Waals surface area contributed by atoms with Crippen LogP contribution in [0.25, 0.3) is 27.5 Å². The number of benzene rings is 2. The van der Waals surface area contributed by atoms with Gasteiger partial charge in [0, 0.05) is 17.6 Å². The van der Waals surface area contributed by atoms with Crippen LogP contribution in [0, 0.1) is 18.3 Å². The highest BCUT2D eigenvalue weighted by Gasteiger charge is 2.19. The topological polar surface area (TPSA) is 99.4 Å². The molecule has 7 nitrogen and oxygen atoms in total. The van der Waals surface area contributed by atoms with E-state index < -0.39 is 0 Å². The number of pyridine rings is 1. The molecule has 156 valence electrons. The number of anilines is 1. The third-order valence-electron chi connectivity index (χ3n) is 5.69. The number of H-pyrrole nitrogens is 1. The number of nitrogens with one attached hydrogen (secondary N) is 2. The first kappa shape index (κ1) is 19.5. The van der Waals surface area contributed by atoms with Crippen LogP contribution in [-0.4, -0.2) is 19.5 Å². The van der Waals surface area contributed by atoms with Crippen molar-refractivity contribution in [1.82, 2.24) is 19.5 Å². The van der Waals surface area contributed by atoms with Gasteiger partial charge in [-0.15, -0.1) is 0 Å². The van der Waals surface area contributed by atoms with Crippen LogP contribution in [0.15, 0.2) is 71.9 Å². The van der Waals surface area contributed by atoms with Gasteiger partial charge in [0.25, 0.3) is 5.56 Å². The number of nitriles is 1. The number of para-hydroxylation sites is 1. The van der Waals surface area contributed by atoms with Crippen LogP contribution in [-0.2, 0) is 0 Å². The van der Waals surface area contributed by atoms with Gasteiger partial charge < -0.3 is 10.3 Å². The quantitative estimate of drug-likeness (QED) is 0.442. The molecule has 32 heavy (non-hydrogen) atoms. The number of nitrogens with zero attached hydrogens (tertiary/aromatic N) is 4. The van der Waals surface area contributed by atoms with Gasteiger partial charge in [-0.25, -0.2) is 9.97 Å². The second kappa shape index (κ2) is 7.67. The van der Waals surface area contributed by atoms with Crippen molar-refractivity contribution in [2.45, 2.75) is 19.9 Å². The molecule has 3 heterocycles. The Kier molecular flexibility index (Phi) is 4.68. The van der Waals surface area contributed by atoms with Crippen molar-refractivity contribution in [2.24, 2.45) is 0 Å². The maximum atomic E-state index is 13.7. The molecule has 1 atom stereocenters. The molecule has 0 bridgehead atoms. The lowest BCUT2D eigenvalue weighted by atomic mass is 10.0. The average molecular weight is 420 g/mol. The van der Waals surface area contributed by atoms with Crippen LogP contribution < -0.4 is 10.9 Å². The lowest BCUT2D eigenvalue weighted by Crippen LogP contribution is -2.26. The highest BCUT2D eigenvalue weighted by molar-refractivity contribution is 5.92. The van der Waals surface area contributed by atoms with Gasteiger partial charge in [-0.3, -0.25) is 9.36 Å². The molecule has 0 radical (unpaired) electrons. The summed E-state index contributed by atoms with van der Waals surface area (Å²) in [4.78, 5) is 25.2. The van der Waals surface area contributed by atoms with Gasteiger partial charge in [0.15, 0.2) is 0 Å². The molecular formula is C25H20N6O. The lowest BCUT2D eigenvalue weighted by molar-refractivity contribution is 0.774. The van der Waals surface area contributed by atoms with Crippen molar-refractivity contribution in [2.75, 3.05) is 5.32 Å². The first-order valence-corrected chi connectivity index (χ1v) is 10.3. The summed E-state index contributed by atoms with van der Waals surface area (Å²) in [5.74, 6) is 0.539. The molecule has 0 aliphatic rings. The Labute approximate surface area is 184 Å². The minimum atomic E-state index is -0.285. The number of aromatic amines is 1. The average Bonchev–Trinajstić information content (AvgIpc) is 3.24. The van der Waals surface area contributed by atoms with E-state index in [1.807, 2.05) is 68.4 Å².